The highest BCUT2D eigenvalue weighted by molar-refractivity contribution is 6.08. The largest absolute Gasteiger partial charge is 0.322 e. The van der Waals surface area contributed by atoms with Crippen LogP contribution in [-0.4, -0.2) is 17.7 Å². The van der Waals surface area contributed by atoms with E-state index in [1.165, 1.54) is 0 Å². The molecule has 3 N–H and O–H groups in total. The third kappa shape index (κ3) is 5.97. The van der Waals surface area contributed by atoms with Crippen molar-refractivity contribution in [1.29, 1.82) is 0 Å². The van der Waals surface area contributed by atoms with E-state index in [-0.39, 0.29) is 17.7 Å². The van der Waals surface area contributed by atoms with Gasteiger partial charge in [-0.25, -0.2) is 9.13 Å². The quantitative estimate of drug-likeness (QED) is 0.294. The molecule has 2 aromatic heterocycles. The number of carbonyl (C=O) groups excluding carboxylic acids is 3. The van der Waals surface area contributed by atoms with Gasteiger partial charge in [0.2, 0.25) is 5.52 Å². The molecule has 0 aliphatic rings. The van der Waals surface area contributed by atoms with Crippen LogP contribution in [-0.2, 0) is 14.1 Å². The number of nitrogens with zero attached hydrogens (tertiary/aromatic N) is 2. The molecule has 192 valence electrons. The fourth-order valence-corrected chi connectivity index (χ4v) is 4.19. The van der Waals surface area contributed by atoms with Crippen LogP contribution in [0.1, 0.15) is 31.1 Å². The Morgan fingerprint density at radius 3 is 1.69 bits per heavy atom. The third-order valence-electron chi connectivity index (χ3n) is 6.26. The number of pyridine rings is 2. The molecule has 0 aliphatic carbocycles. The van der Waals surface area contributed by atoms with Gasteiger partial charge in [0.15, 0.2) is 18.6 Å². The van der Waals surface area contributed by atoms with E-state index in [1.807, 2.05) is 84.3 Å². The predicted molar refractivity (Wildman–Crippen MR) is 149 cm³/mol. The zero-order valence-electron chi connectivity index (χ0n) is 21.5. The average molecular weight is 518 g/mol. The first kappa shape index (κ1) is 25.3. The first-order valence-electron chi connectivity index (χ1n) is 12.3. The van der Waals surface area contributed by atoms with E-state index in [4.69, 9.17) is 0 Å². The molecule has 0 radical (unpaired) electrons. The zero-order valence-corrected chi connectivity index (χ0v) is 21.5. The molecular formula is C31H27N5O3+2. The summed E-state index contributed by atoms with van der Waals surface area (Å²) >= 11 is 0. The summed E-state index contributed by atoms with van der Waals surface area (Å²) in [5.41, 5.74) is 4.30. The third-order valence-corrected chi connectivity index (χ3v) is 6.26. The number of rotatable bonds is 6. The molecule has 5 aromatic rings. The van der Waals surface area contributed by atoms with Crippen LogP contribution in [0.2, 0.25) is 0 Å². The van der Waals surface area contributed by atoms with Crippen molar-refractivity contribution >= 4 is 45.7 Å². The number of fused-ring (bicyclic) bond motifs is 1. The van der Waals surface area contributed by atoms with Crippen molar-refractivity contribution in [3.63, 3.8) is 0 Å². The van der Waals surface area contributed by atoms with E-state index >= 15 is 0 Å². The molecule has 5 rings (SSSR count). The summed E-state index contributed by atoms with van der Waals surface area (Å²) in [6.07, 6.45) is 5.66. The van der Waals surface area contributed by atoms with Crippen molar-refractivity contribution in [2.45, 2.75) is 0 Å². The van der Waals surface area contributed by atoms with Crippen LogP contribution in [0, 0.1) is 0 Å². The smallest absolute Gasteiger partial charge is 0.255 e. The first-order valence-corrected chi connectivity index (χ1v) is 12.3. The number of benzene rings is 3. The minimum atomic E-state index is -0.321. The number of anilines is 3. The summed E-state index contributed by atoms with van der Waals surface area (Å²) in [4.78, 5) is 38.0. The van der Waals surface area contributed by atoms with Crippen LogP contribution < -0.4 is 25.1 Å². The maximum absolute atomic E-state index is 12.8. The minimum absolute atomic E-state index is 0.245. The second-order valence-corrected chi connectivity index (χ2v) is 9.17. The highest BCUT2D eigenvalue weighted by atomic mass is 16.2. The molecule has 0 saturated carbocycles. The maximum Gasteiger partial charge on any atom is 0.255 e. The molecule has 0 fully saturated rings. The van der Waals surface area contributed by atoms with Crippen LogP contribution in [0.5, 0.6) is 0 Å². The monoisotopic (exact) mass is 517 g/mol. The molecule has 0 aliphatic heterocycles. The van der Waals surface area contributed by atoms with Gasteiger partial charge in [0.1, 0.15) is 19.8 Å². The van der Waals surface area contributed by atoms with Crippen molar-refractivity contribution in [3.05, 3.63) is 126 Å². The van der Waals surface area contributed by atoms with E-state index in [0.29, 0.717) is 33.8 Å². The number of amides is 3. The Kier molecular flexibility index (Phi) is 7.09. The SMILES string of the molecule is C[n+]1cccc(NC(=O)c2ccc(NC(=O)c3ccc(C(=O)Nc4ccc5c(ccc[n+]5C)c4)cc3)cc2)c1. The fraction of sp³-hybridized carbons (Fsp3) is 0.0645. The van der Waals surface area contributed by atoms with Gasteiger partial charge in [-0.15, -0.1) is 0 Å². The molecule has 0 saturated heterocycles. The van der Waals surface area contributed by atoms with Crippen LogP contribution in [0.25, 0.3) is 10.9 Å². The van der Waals surface area contributed by atoms with Crippen molar-refractivity contribution in [1.82, 2.24) is 0 Å². The van der Waals surface area contributed by atoms with Crippen molar-refractivity contribution in [2.24, 2.45) is 14.1 Å². The van der Waals surface area contributed by atoms with Gasteiger partial charge >= 0.3 is 0 Å². The van der Waals surface area contributed by atoms with E-state index in [1.54, 1.807) is 48.5 Å². The molecule has 0 spiro atoms. The minimum Gasteiger partial charge on any atom is -0.322 e. The molecule has 39 heavy (non-hydrogen) atoms. The van der Waals surface area contributed by atoms with Crippen molar-refractivity contribution in [3.8, 4) is 0 Å². The van der Waals surface area contributed by atoms with Gasteiger partial charge in [-0.3, -0.25) is 14.4 Å². The molecule has 0 unspecified atom stereocenters. The lowest BCUT2D eigenvalue weighted by Gasteiger charge is -2.09. The number of nitrogens with one attached hydrogen (secondary N) is 3. The van der Waals surface area contributed by atoms with Crippen LogP contribution in [0.3, 0.4) is 0 Å². The predicted octanol–water partition coefficient (Wildman–Crippen LogP) is 4.25. The molecule has 3 aromatic carbocycles. The van der Waals surface area contributed by atoms with Crippen LogP contribution in [0.15, 0.2) is 110 Å². The Morgan fingerprint density at radius 1 is 0.564 bits per heavy atom. The van der Waals surface area contributed by atoms with E-state index in [9.17, 15) is 14.4 Å². The van der Waals surface area contributed by atoms with Gasteiger partial charge in [0.25, 0.3) is 17.7 Å². The standard InChI is InChI=1S/C31H25N5O3/c1-35-17-4-6-27(20-35)34-31(39)23-11-13-25(14-12-23)32-29(37)21-7-9-22(10-8-21)30(38)33-26-15-16-28-24(19-26)5-3-18-36(28)2/h3-20H,1-2H3,(H-2,32,33,34,37,38,39)/p+2. The van der Waals surface area contributed by atoms with E-state index < -0.39 is 0 Å². The van der Waals surface area contributed by atoms with Crippen molar-refractivity contribution in [2.75, 3.05) is 16.0 Å². The first-order chi connectivity index (χ1) is 18.9. The summed E-state index contributed by atoms with van der Waals surface area (Å²) in [5.74, 6) is -0.830. The Balaban J connectivity index is 1.19. The Bertz CT molecular complexity index is 1700. The molecule has 8 nitrogen and oxygen atoms in total. The van der Waals surface area contributed by atoms with Gasteiger partial charge in [-0.1, -0.05) is 0 Å². The number of aryl methyl sites for hydroxylation is 2. The lowest BCUT2D eigenvalue weighted by atomic mass is 10.1. The van der Waals surface area contributed by atoms with E-state index in [0.717, 1.165) is 10.9 Å². The molecule has 0 atom stereocenters. The topological polar surface area (TPSA) is 95.1 Å². The number of hydrogen-bond donors (Lipinski definition) is 3. The van der Waals surface area contributed by atoms with Crippen molar-refractivity contribution < 1.29 is 23.5 Å². The molecule has 8 heteroatoms. The van der Waals surface area contributed by atoms with Gasteiger partial charge in [-0.05, 0) is 72.8 Å². The lowest BCUT2D eigenvalue weighted by molar-refractivity contribution is -0.670. The summed E-state index contributed by atoms with van der Waals surface area (Å²) < 4.78 is 3.86. The molecule has 3 amide bonds. The van der Waals surface area contributed by atoms with Gasteiger partial charge in [-0.2, -0.15) is 0 Å². The fourth-order valence-electron chi connectivity index (χ4n) is 4.19. The summed E-state index contributed by atoms with van der Waals surface area (Å²) in [6.45, 7) is 0. The second kappa shape index (κ2) is 10.9. The van der Waals surface area contributed by atoms with Crippen LogP contribution >= 0.6 is 0 Å². The number of hydrogen-bond acceptors (Lipinski definition) is 3. The van der Waals surface area contributed by atoms with Gasteiger partial charge in [0.05, 0.1) is 0 Å². The summed E-state index contributed by atoms with van der Waals surface area (Å²) in [5, 5.41) is 9.58. The number of aromatic nitrogens is 2. The highest BCUT2D eigenvalue weighted by Gasteiger charge is 2.12. The lowest BCUT2D eigenvalue weighted by Crippen LogP contribution is -2.27. The summed E-state index contributed by atoms with van der Waals surface area (Å²) in [7, 11) is 3.85. The maximum atomic E-state index is 12.8. The van der Waals surface area contributed by atoms with Crippen LogP contribution in [0.4, 0.5) is 17.1 Å². The second-order valence-electron chi connectivity index (χ2n) is 9.17. The highest BCUT2D eigenvalue weighted by Crippen LogP contribution is 2.18. The molecule has 0 bridgehead atoms. The molecule has 2 heterocycles. The Morgan fingerprint density at radius 2 is 1.08 bits per heavy atom. The summed E-state index contributed by atoms with van der Waals surface area (Å²) in [6, 6.07) is 26.4. The Hall–Kier alpha value is -5.37. The van der Waals surface area contributed by atoms with E-state index in [2.05, 4.69) is 16.0 Å². The normalized spacial score (nSPS) is 10.6. The number of carbonyl (C=O) groups is 3. The van der Waals surface area contributed by atoms with Gasteiger partial charge in [0, 0.05) is 51.7 Å². The molecular weight excluding hydrogens is 490 g/mol. The Labute approximate surface area is 225 Å². The zero-order chi connectivity index (χ0) is 27.4. The van der Waals surface area contributed by atoms with Gasteiger partial charge < -0.3 is 16.0 Å². The average Bonchev–Trinajstić information content (AvgIpc) is 2.93.